The molecule has 0 saturated heterocycles. The second kappa shape index (κ2) is 25.6. The Morgan fingerprint density at radius 2 is 1.60 bits per heavy atom. The molecule has 0 aliphatic carbocycles. The number of nitrogens with one attached hydrogen (secondary N) is 2. The molecular formula is C40H63N5O7. The summed E-state index contributed by atoms with van der Waals surface area (Å²) in [4.78, 5) is 67.1. The first-order chi connectivity index (χ1) is 24.7. The summed E-state index contributed by atoms with van der Waals surface area (Å²) in [5.74, 6) is -1.68. The Hall–Kier alpha value is -4.32. The summed E-state index contributed by atoms with van der Waals surface area (Å²) in [7, 11) is 5.06. The van der Waals surface area contributed by atoms with Gasteiger partial charge in [-0.05, 0) is 69.3 Å². The molecule has 1 aromatic heterocycles. The van der Waals surface area contributed by atoms with Gasteiger partial charge in [-0.3, -0.25) is 24.0 Å². The number of methoxy groups -OCH3 is 1. The van der Waals surface area contributed by atoms with Crippen LogP contribution in [0.3, 0.4) is 0 Å². The number of carbonyl (C=O) groups is 5. The summed E-state index contributed by atoms with van der Waals surface area (Å²) in [5, 5.41) is 6.08. The fourth-order valence-corrected chi connectivity index (χ4v) is 5.83. The molecule has 0 bridgehead atoms. The van der Waals surface area contributed by atoms with Crippen LogP contribution in [0.4, 0.5) is 0 Å². The second-order valence-electron chi connectivity index (χ2n) is 13.6. The van der Waals surface area contributed by atoms with Crippen LogP contribution in [0.25, 0.3) is 0 Å². The molecule has 3 amide bonds. The number of ether oxygens (including phenoxy) is 2. The van der Waals surface area contributed by atoms with Crippen molar-refractivity contribution in [2.45, 2.75) is 117 Å². The van der Waals surface area contributed by atoms with Crippen LogP contribution in [0.1, 0.15) is 120 Å². The molecule has 0 aliphatic rings. The number of unbranched alkanes of at least 4 members (excludes halogenated alkanes) is 3. The van der Waals surface area contributed by atoms with Crippen molar-refractivity contribution in [1.29, 1.82) is 0 Å². The third kappa shape index (κ3) is 18.3. The molecule has 12 nitrogen and oxygen atoms in total. The summed E-state index contributed by atoms with van der Waals surface area (Å²) in [6.45, 7) is 10.2. The fourth-order valence-electron chi connectivity index (χ4n) is 5.83. The van der Waals surface area contributed by atoms with Gasteiger partial charge in [0.2, 0.25) is 11.8 Å². The number of primary amides is 1. The summed E-state index contributed by atoms with van der Waals surface area (Å²) in [5.41, 5.74) is 6.57. The van der Waals surface area contributed by atoms with Crippen molar-refractivity contribution in [2.24, 2.45) is 17.6 Å². The summed E-state index contributed by atoms with van der Waals surface area (Å²) in [6, 6.07) is 14.2. The van der Waals surface area contributed by atoms with Gasteiger partial charge >= 0.3 is 11.9 Å². The van der Waals surface area contributed by atoms with Crippen LogP contribution in [-0.2, 0) is 35.1 Å². The van der Waals surface area contributed by atoms with E-state index in [-0.39, 0.29) is 41.5 Å². The number of hydrogen-bond acceptors (Lipinski definition) is 9. The Morgan fingerprint density at radius 3 is 2.17 bits per heavy atom. The van der Waals surface area contributed by atoms with Crippen LogP contribution in [0.2, 0.25) is 0 Å². The maximum Gasteiger partial charge on any atom is 0.308 e. The van der Waals surface area contributed by atoms with E-state index >= 15 is 0 Å². The zero-order chi connectivity index (χ0) is 39.1. The van der Waals surface area contributed by atoms with E-state index in [0.717, 1.165) is 44.2 Å². The van der Waals surface area contributed by atoms with Gasteiger partial charge < -0.3 is 30.7 Å². The molecule has 1 aromatic carbocycles. The topological polar surface area (TPSA) is 170 Å². The highest BCUT2D eigenvalue weighted by atomic mass is 16.5. The number of nitrogens with zero attached hydrogens (tertiary/aromatic N) is 2. The van der Waals surface area contributed by atoms with E-state index in [1.807, 2.05) is 58.2 Å². The molecule has 0 aliphatic heterocycles. The highest BCUT2D eigenvalue weighted by Gasteiger charge is 2.30. The third-order valence-corrected chi connectivity index (χ3v) is 8.75. The van der Waals surface area contributed by atoms with Gasteiger partial charge in [0, 0.05) is 45.3 Å². The van der Waals surface area contributed by atoms with E-state index in [0.29, 0.717) is 37.8 Å². The van der Waals surface area contributed by atoms with Gasteiger partial charge in [0.25, 0.3) is 5.91 Å². The molecule has 4 atom stereocenters. The number of hydrogen-bond donors (Lipinski definition) is 3. The molecule has 4 N–H and O–H groups in total. The van der Waals surface area contributed by atoms with Gasteiger partial charge in [-0.25, -0.2) is 4.98 Å². The molecule has 0 fully saturated rings. The van der Waals surface area contributed by atoms with Crippen LogP contribution in [0.5, 0.6) is 0 Å². The normalized spacial score (nSPS) is 13.1. The van der Waals surface area contributed by atoms with Gasteiger partial charge in [-0.15, -0.1) is 0 Å². The quantitative estimate of drug-likeness (QED) is 0.104. The van der Waals surface area contributed by atoms with Crippen molar-refractivity contribution in [3.05, 3.63) is 65.5 Å². The summed E-state index contributed by atoms with van der Waals surface area (Å²) in [6.07, 6.45) is 6.38. The highest BCUT2D eigenvalue weighted by Crippen LogP contribution is 2.28. The Kier molecular flexibility index (Phi) is 22.5. The largest absolute Gasteiger partial charge is 0.469 e. The van der Waals surface area contributed by atoms with Crippen molar-refractivity contribution in [2.75, 3.05) is 27.7 Å². The zero-order valence-electron chi connectivity index (χ0n) is 32.6. The van der Waals surface area contributed by atoms with Crippen LogP contribution < -0.4 is 16.4 Å². The Balaban J connectivity index is 0.00000117. The Labute approximate surface area is 311 Å². The van der Waals surface area contributed by atoms with Crippen LogP contribution in [0.15, 0.2) is 48.5 Å². The van der Waals surface area contributed by atoms with E-state index in [2.05, 4.69) is 15.6 Å². The number of nitrogens with two attached hydrogens (primary N) is 1. The molecule has 0 saturated carbocycles. The van der Waals surface area contributed by atoms with E-state index in [4.69, 9.17) is 15.2 Å². The molecule has 1 heterocycles. The standard InChI is InChI=1S/C33H47N3O6.C7H16N2O/c1-8-9-18-31(38)36(6)29(22(2)3)21-30(42-24(5)37)27-16-13-17-28(35-27)32(39)34-26(19-23(4)33(40)41-7)20-25-14-11-10-12-15-25;1-9-6-4-2-3-5-7(8)10/h10-17,22-23,26,29-30H,8-9,18-21H2,1-7H3,(H,34,39);9H,2-6H2,1H3,(H2,8,10). The summed E-state index contributed by atoms with van der Waals surface area (Å²) >= 11 is 0. The van der Waals surface area contributed by atoms with Crippen LogP contribution in [0, 0.1) is 11.8 Å². The van der Waals surface area contributed by atoms with Gasteiger partial charge in [-0.2, -0.15) is 0 Å². The average molecular weight is 726 g/mol. The molecule has 2 rings (SSSR count). The Morgan fingerprint density at radius 1 is 0.904 bits per heavy atom. The molecule has 4 unspecified atom stereocenters. The molecule has 52 heavy (non-hydrogen) atoms. The SMILES string of the molecule is CCCCC(=O)N(C)C(CC(OC(C)=O)c1cccc(C(=O)NC(Cc2ccccc2)CC(C)C(=O)OC)n1)C(C)C.CNCCCCCC(N)=O. The molecule has 2 aromatic rings. The van der Waals surface area contributed by atoms with Crippen molar-refractivity contribution in [3.63, 3.8) is 0 Å². The van der Waals surface area contributed by atoms with E-state index in [9.17, 15) is 24.0 Å². The second-order valence-corrected chi connectivity index (χ2v) is 13.6. The zero-order valence-corrected chi connectivity index (χ0v) is 32.6. The van der Waals surface area contributed by atoms with E-state index < -0.39 is 23.9 Å². The van der Waals surface area contributed by atoms with Crippen molar-refractivity contribution >= 4 is 29.7 Å². The molecule has 12 heteroatoms. The number of aromatic nitrogens is 1. The van der Waals surface area contributed by atoms with Crippen molar-refractivity contribution in [3.8, 4) is 0 Å². The summed E-state index contributed by atoms with van der Waals surface area (Å²) < 4.78 is 10.6. The van der Waals surface area contributed by atoms with Gasteiger partial charge in [0.1, 0.15) is 11.8 Å². The predicted molar refractivity (Wildman–Crippen MR) is 203 cm³/mol. The minimum atomic E-state index is -0.747. The first-order valence-corrected chi connectivity index (χ1v) is 18.5. The van der Waals surface area contributed by atoms with Gasteiger partial charge in [0.15, 0.2) is 0 Å². The number of benzene rings is 1. The molecule has 0 radical (unpaired) electrons. The number of esters is 2. The maximum atomic E-state index is 13.4. The smallest absolute Gasteiger partial charge is 0.308 e. The monoisotopic (exact) mass is 725 g/mol. The van der Waals surface area contributed by atoms with Crippen molar-refractivity contribution in [1.82, 2.24) is 20.5 Å². The van der Waals surface area contributed by atoms with Gasteiger partial charge in [-0.1, -0.05) is 76.9 Å². The van der Waals surface area contributed by atoms with Crippen LogP contribution in [-0.4, -0.2) is 79.4 Å². The third-order valence-electron chi connectivity index (χ3n) is 8.75. The fraction of sp³-hybridized carbons (Fsp3) is 0.600. The number of pyridine rings is 1. The minimum Gasteiger partial charge on any atom is -0.469 e. The molecule has 290 valence electrons. The minimum absolute atomic E-state index is 0.0452. The van der Waals surface area contributed by atoms with Crippen LogP contribution >= 0.6 is 0 Å². The Bertz CT molecular complexity index is 1370. The van der Waals surface area contributed by atoms with E-state index in [1.54, 1.807) is 37.1 Å². The average Bonchev–Trinajstić information content (AvgIpc) is 3.11. The van der Waals surface area contributed by atoms with Crippen molar-refractivity contribution < 1.29 is 33.4 Å². The maximum absolute atomic E-state index is 13.4. The first kappa shape index (κ1) is 45.7. The lowest BCUT2D eigenvalue weighted by molar-refractivity contribution is -0.149. The highest BCUT2D eigenvalue weighted by molar-refractivity contribution is 5.92. The lowest BCUT2D eigenvalue weighted by atomic mass is 9.94. The number of amides is 3. The molecular weight excluding hydrogens is 662 g/mol. The first-order valence-electron chi connectivity index (χ1n) is 18.5. The number of rotatable bonds is 22. The molecule has 0 spiro atoms. The number of carbonyl (C=O) groups excluding carboxylic acids is 5. The predicted octanol–water partition coefficient (Wildman–Crippen LogP) is 5.54. The lowest BCUT2D eigenvalue weighted by Gasteiger charge is -2.34. The lowest BCUT2D eigenvalue weighted by Crippen LogP contribution is -2.42. The van der Waals surface area contributed by atoms with Gasteiger partial charge in [0.05, 0.1) is 18.7 Å². The van der Waals surface area contributed by atoms with E-state index in [1.165, 1.54) is 14.0 Å².